The van der Waals surface area contributed by atoms with E-state index < -0.39 is 5.56 Å². The first kappa shape index (κ1) is 12.4. The van der Waals surface area contributed by atoms with Crippen LogP contribution in [0.1, 0.15) is 31.3 Å². The average Bonchev–Trinajstić information content (AvgIpc) is 2.27. The van der Waals surface area contributed by atoms with Crippen molar-refractivity contribution in [2.24, 2.45) is 0 Å². The lowest BCUT2D eigenvalue weighted by molar-refractivity contribution is 0.0728. The first-order valence-corrected chi connectivity index (χ1v) is 5.68. The molecule has 2 aromatic heterocycles. The molecule has 0 aliphatic heterocycles. The Morgan fingerprint density at radius 1 is 1.39 bits per heavy atom. The Balaban J connectivity index is 2.64. The molecule has 0 aliphatic rings. The number of H-pyrrole nitrogens is 1. The summed E-state index contributed by atoms with van der Waals surface area (Å²) in [6.07, 6.45) is -0.219. The Morgan fingerprint density at radius 3 is 2.78 bits per heavy atom. The van der Waals surface area contributed by atoms with Crippen LogP contribution >= 0.6 is 0 Å². The van der Waals surface area contributed by atoms with Gasteiger partial charge in [0.15, 0.2) is 11.2 Å². The number of nitrogens with two attached hydrogens (primary N) is 1. The number of fused-ring (bicyclic) bond motifs is 1. The van der Waals surface area contributed by atoms with Gasteiger partial charge in [0, 0.05) is 6.61 Å². The minimum atomic E-state index is -0.394. The van der Waals surface area contributed by atoms with E-state index in [9.17, 15) is 4.79 Å². The van der Waals surface area contributed by atoms with Crippen LogP contribution in [-0.4, -0.2) is 26.5 Å². The molecule has 0 fully saturated rings. The number of nitrogen functional groups attached to an aromatic ring is 1. The molecular formula is C11H15N5O2. The van der Waals surface area contributed by atoms with E-state index in [-0.39, 0.29) is 23.2 Å². The normalized spacial score (nSPS) is 12.8. The van der Waals surface area contributed by atoms with Crippen molar-refractivity contribution in [3.05, 3.63) is 21.7 Å². The van der Waals surface area contributed by atoms with Crippen molar-refractivity contribution in [2.75, 3.05) is 12.3 Å². The van der Waals surface area contributed by atoms with Gasteiger partial charge in [0.25, 0.3) is 5.56 Å². The summed E-state index contributed by atoms with van der Waals surface area (Å²) in [6.45, 7) is 6.13. The van der Waals surface area contributed by atoms with Gasteiger partial charge >= 0.3 is 0 Å². The quantitative estimate of drug-likeness (QED) is 0.829. The number of aromatic amines is 1. The molecule has 7 heteroatoms. The highest BCUT2D eigenvalue weighted by Crippen LogP contribution is 2.18. The second kappa shape index (κ2) is 4.69. The standard InChI is InChI=1S/C11H15N5O2/c1-4-18-6(3)7-5(2)13-9-8(14-7)10(17)16-11(12)15-9/h6H,4H2,1-3H3,(H3,12,13,15,16,17). The SMILES string of the molecule is CCOC(C)c1nc2c(=O)[nH]c(N)nc2nc1C. The minimum Gasteiger partial charge on any atom is -0.372 e. The number of ether oxygens (including phenoxy) is 1. The predicted molar refractivity (Wildman–Crippen MR) is 67.1 cm³/mol. The number of hydrogen-bond donors (Lipinski definition) is 2. The maximum Gasteiger partial charge on any atom is 0.280 e. The largest absolute Gasteiger partial charge is 0.372 e. The van der Waals surface area contributed by atoms with Gasteiger partial charge in [0.1, 0.15) is 0 Å². The lowest BCUT2D eigenvalue weighted by Gasteiger charge is -2.13. The van der Waals surface area contributed by atoms with Crippen LogP contribution in [0.25, 0.3) is 11.2 Å². The van der Waals surface area contributed by atoms with Crippen LogP contribution in [0, 0.1) is 6.92 Å². The minimum absolute atomic E-state index is 0.0341. The number of hydrogen-bond acceptors (Lipinski definition) is 6. The van der Waals surface area contributed by atoms with E-state index in [1.807, 2.05) is 13.8 Å². The fourth-order valence-corrected chi connectivity index (χ4v) is 1.78. The van der Waals surface area contributed by atoms with Gasteiger partial charge in [-0.2, -0.15) is 4.98 Å². The van der Waals surface area contributed by atoms with E-state index in [1.165, 1.54) is 0 Å². The highest BCUT2D eigenvalue weighted by Gasteiger charge is 2.15. The van der Waals surface area contributed by atoms with E-state index >= 15 is 0 Å². The van der Waals surface area contributed by atoms with Crippen LogP contribution in [0.2, 0.25) is 0 Å². The number of aromatic nitrogens is 4. The van der Waals surface area contributed by atoms with E-state index in [1.54, 1.807) is 6.92 Å². The molecule has 0 bridgehead atoms. The van der Waals surface area contributed by atoms with E-state index in [4.69, 9.17) is 10.5 Å². The monoisotopic (exact) mass is 249 g/mol. The molecule has 0 saturated heterocycles. The van der Waals surface area contributed by atoms with Gasteiger partial charge in [-0.15, -0.1) is 0 Å². The van der Waals surface area contributed by atoms with Crippen LogP contribution in [-0.2, 0) is 4.74 Å². The molecule has 1 unspecified atom stereocenters. The van der Waals surface area contributed by atoms with E-state index in [0.29, 0.717) is 18.0 Å². The number of nitrogens with zero attached hydrogens (tertiary/aromatic N) is 3. The summed E-state index contributed by atoms with van der Waals surface area (Å²) in [7, 11) is 0. The molecule has 0 radical (unpaired) electrons. The molecule has 2 aromatic rings. The van der Waals surface area contributed by atoms with Gasteiger partial charge < -0.3 is 10.5 Å². The van der Waals surface area contributed by atoms with E-state index in [2.05, 4.69) is 19.9 Å². The first-order chi connectivity index (χ1) is 8.52. The van der Waals surface area contributed by atoms with Crippen LogP contribution in [0.15, 0.2) is 4.79 Å². The third-order valence-corrected chi connectivity index (χ3v) is 2.57. The third kappa shape index (κ3) is 2.17. The fourth-order valence-electron chi connectivity index (χ4n) is 1.78. The molecule has 0 aromatic carbocycles. The third-order valence-electron chi connectivity index (χ3n) is 2.57. The summed E-state index contributed by atoms with van der Waals surface area (Å²) in [4.78, 5) is 26.6. The predicted octanol–water partition coefficient (Wildman–Crippen LogP) is 0.701. The van der Waals surface area contributed by atoms with Crippen LogP contribution in [0.4, 0.5) is 5.95 Å². The number of nitrogens with one attached hydrogen (secondary N) is 1. The molecular weight excluding hydrogens is 234 g/mol. The Labute approximate surface area is 103 Å². The number of rotatable bonds is 3. The molecule has 0 amide bonds. The molecule has 96 valence electrons. The summed E-state index contributed by atoms with van der Waals surface area (Å²) < 4.78 is 5.46. The van der Waals surface area contributed by atoms with Crippen molar-refractivity contribution in [2.45, 2.75) is 26.9 Å². The molecule has 3 N–H and O–H groups in total. The zero-order valence-corrected chi connectivity index (χ0v) is 10.5. The molecule has 1 atom stereocenters. The summed E-state index contributed by atoms with van der Waals surface area (Å²) in [5, 5.41) is 0. The van der Waals surface area contributed by atoms with Crippen molar-refractivity contribution in [3.8, 4) is 0 Å². The summed E-state index contributed by atoms with van der Waals surface area (Å²) >= 11 is 0. The highest BCUT2D eigenvalue weighted by atomic mass is 16.5. The van der Waals surface area contributed by atoms with Gasteiger partial charge in [-0.1, -0.05) is 0 Å². The molecule has 7 nitrogen and oxygen atoms in total. The Hall–Kier alpha value is -2.02. The molecule has 2 rings (SSSR count). The molecule has 0 spiro atoms. The van der Waals surface area contributed by atoms with Crippen molar-refractivity contribution in [1.29, 1.82) is 0 Å². The van der Waals surface area contributed by atoms with Gasteiger partial charge in [-0.05, 0) is 20.8 Å². The van der Waals surface area contributed by atoms with Crippen molar-refractivity contribution in [3.63, 3.8) is 0 Å². The zero-order valence-electron chi connectivity index (χ0n) is 10.5. The van der Waals surface area contributed by atoms with Crippen LogP contribution in [0.3, 0.4) is 0 Å². The van der Waals surface area contributed by atoms with E-state index in [0.717, 1.165) is 0 Å². The maximum atomic E-state index is 11.7. The second-order valence-electron chi connectivity index (χ2n) is 3.92. The van der Waals surface area contributed by atoms with Gasteiger partial charge in [0.2, 0.25) is 5.95 Å². The van der Waals surface area contributed by atoms with Gasteiger partial charge in [0.05, 0.1) is 17.5 Å². The molecule has 0 aliphatic carbocycles. The number of anilines is 1. The lowest BCUT2D eigenvalue weighted by atomic mass is 10.2. The molecule has 2 heterocycles. The van der Waals surface area contributed by atoms with Crippen LogP contribution < -0.4 is 11.3 Å². The lowest BCUT2D eigenvalue weighted by Crippen LogP contribution is -2.16. The Morgan fingerprint density at radius 2 is 2.11 bits per heavy atom. The second-order valence-corrected chi connectivity index (χ2v) is 3.92. The first-order valence-electron chi connectivity index (χ1n) is 5.68. The molecule has 0 saturated carbocycles. The summed E-state index contributed by atoms with van der Waals surface area (Å²) in [5.74, 6) is 0.0341. The Kier molecular flexibility index (Phi) is 3.24. The van der Waals surface area contributed by atoms with Gasteiger partial charge in [-0.3, -0.25) is 9.78 Å². The van der Waals surface area contributed by atoms with Gasteiger partial charge in [-0.25, -0.2) is 9.97 Å². The topological polar surface area (TPSA) is 107 Å². The summed E-state index contributed by atoms with van der Waals surface area (Å²) in [5.41, 5.74) is 6.82. The number of aryl methyl sites for hydroxylation is 1. The zero-order chi connectivity index (χ0) is 13.3. The smallest absolute Gasteiger partial charge is 0.280 e. The highest BCUT2D eigenvalue weighted by molar-refractivity contribution is 5.69. The fraction of sp³-hybridized carbons (Fsp3) is 0.455. The summed E-state index contributed by atoms with van der Waals surface area (Å²) in [6, 6.07) is 0. The van der Waals surface area contributed by atoms with Crippen LogP contribution in [0.5, 0.6) is 0 Å². The Bertz CT molecular complexity index is 637. The van der Waals surface area contributed by atoms with Crippen molar-refractivity contribution >= 4 is 17.1 Å². The van der Waals surface area contributed by atoms with Crippen molar-refractivity contribution < 1.29 is 4.74 Å². The average molecular weight is 249 g/mol. The van der Waals surface area contributed by atoms with Crippen molar-refractivity contribution in [1.82, 2.24) is 19.9 Å². The maximum absolute atomic E-state index is 11.7. The molecule has 18 heavy (non-hydrogen) atoms.